The highest BCUT2D eigenvalue weighted by Crippen LogP contribution is 2.29. The fourth-order valence-electron chi connectivity index (χ4n) is 3.60. The van der Waals surface area contributed by atoms with Gasteiger partial charge in [0.25, 0.3) is 0 Å². The van der Waals surface area contributed by atoms with E-state index in [0.717, 1.165) is 31.5 Å². The topological polar surface area (TPSA) is 105 Å². The summed E-state index contributed by atoms with van der Waals surface area (Å²) in [4.78, 5) is 14.5. The highest BCUT2D eigenvalue weighted by molar-refractivity contribution is 5.92. The van der Waals surface area contributed by atoms with Gasteiger partial charge in [0.05, 0.1) is 24.9 Å². The monoisotopic (exact) mass is 399 g/mol. The number of hydrogen-bond donors (Lipinski definition) is 5. The van der Waals surface area contributed by atoms with E-state index in [1.54, 1.807) is 31.2 Å². The Morgan fingerprint density at radius 2 is 1.93 bits per heavy atom. The van der Waals surface area contributed by atoms with Crippen LogP contribution in [-0.4, -0.2) is 51.8 Å². The molecule has 1 unspecified atom stereocenters. The van der Waals surface area contributed by atoms with E-state index < -0.39 is 6.10 Å². The molecule has 2 aromatic rings. The maximum Gasteiger partial charge on any atom is 0.238 e. The summed E-state index contributed by atoms with van der Waals surface area (Å²) in [5.41, 5.74) is 2.71. The zero-order chi connectivity index (χ0) is 20.8. The average molecular weight is 399 g/mol. The third-order valence-electron chi connectivity index (χ3n) is 5.26. The summed E-state index contributed by atoms with van der Waals surface area (Å²) in [6, 6.07) is 12.5. The SMILES string of the molecule is CC(O)c1cccc(NC(=O)CN2CCC(Nc3c(O)cccc3CO)CC2)c1. The molecule has 7 heteroatoms. The number of aliphatic hydroxyl groups excluding tert-OH is 2. The van der Waals surface area contributed by atoms with Crippen LogP contribution >= 0.6 is 0 Å². The van der Waals surface area contributed by atoms with Crippen molar-refractivity contribution >= 4 is 17.3 Å². The van der Waals surface area contributed by atoms with Crippen molar-refractivity contribution in [1.82, 2.24) is 4.90 Å². The number of carbonyl (C=O) groups is 1. The molecule has 0 aliphatic carbocycles. The number of rotatable bonds is 7. The molecule has 1 saturated heterocycles. The fourth-order valence-corrected chi connectivity index (χ4v) is 3.60. The second-order valence-electron chi connectivity index (χ2n) is 7.51. The highest BCUT2D eigenvalue weighted by Gasteiger charge is 2.22. The van der Waals surface area contributed by atoms with Gasteiger partial charge in [0.1, 0.15) is 5.75 Å². The Kier molecular flexibility index (Phi) is 7.09. The van der Waals surface area contributed by atoms with Crippen LogP contribution in [0.15, 0.2) is 42.5 Å². The molecule has 1 fully saturated rings. The Labute approximate surface area is 171 Å². The number of aliphatic hydroxyl groups is 2. The summed E-state index contributed by atoms with van der Waals surface area (Å²) in [5.74, 6) is 0.0557. The molecule has 0 spiro atoms. The number of hydrogen-bond acceptors (Lipinski definition) is 6. The zero-order valence-electron chi connectivity index (χ0n) is 16.6. The molecule has 156 valence electrons. The van der Waals surface area contributed by atoms with Gasteiger partial charge in [0.2, 0.25) is 5.91 Å². The number of para-hydroxylation sites is 1. The van der Waals surface area contributed by atoms with Gasteiger partial charge in [-0.15, -0.1) is 0 Å². The van der Waals surface area contributed by atoms with Crippen molar-refractivity contribution in [1.29, 1.82) is 0 Å². The van der Waals surface area contributed by atoms with Gasteiger partial charge in [0.15, 0.2) is 0 Å². The van der Waals surface area contributed by atoms with Crippen LogP contribution < -0.4 is 10.6 Å². The van der Waals surface area contributed by atoms with Crippen LogP contribution in [0, 0.1) is 0 Å². The molecule has 2 aromatic carbocycles. The first-order valence-corrected chi connectivity index (χ1v) is 9.94. The Morgan fingerprint density at radius 1 is 1.21 bits per heavy atom. The number of likely N-dealkylation sites (tertiary alicyclic amines) is 1. The number of amides is 1. The molecule has 29 heavy (non-hydrogen) atoms. The van der Waals surface area contributed by atoms with Gasteiger partial charge in [0, 0.05) is 30.4 Å². The van der Waals surface area contributed by atoms with E-state index in [4.69, 9.17) is 0 Å². The number of benzene rings is 2. The quantitative estimate of drug-likeness (QED) is 0.458. The normalized spacial score (nSPS) is 16.4. The minimum atomic E-state index is -0.575. The number of anilines is 2. The summed E-state index contributed by atoms with van der Waals surface area (Å²) >= 11 is 0. The van der Waals surface area contributed by atoms with E-state index in [1.807, 2.05) is 18.2 Å². The molecule has 5 N–H and O–H groups in total. The van der Waals surface area contributed by atoms with Crippen molar-refractivity contribution in [3.63, 3.8) is 0 Å². The molecule has 0 aromatic heterocycles. The fraction of sp³-hybridized carbons (Fsp3) is 0.409. The average Bonchev–Trinajstić information content (AvgIpc) is 2.71. The number of aromatic hydroxyl groups is 1. The number of piperidine rings is 1. The molecule has 7 nitrogen and oxygen atoms in total. The molecule has 3 rings (SSSR count). The first kappa shape index (κ1) is 21.1. The molecule has 1 aliphatic rings. The number of phenolic OH excluding ortho intramolecular Hbond substituents is 1. The van der Waals surface area contributed by atoms with E-state index >= 15 is 0 Å². The Bertz CT molecular complexity index is 833. The van der Waals surface area contributed by atoms with E-state index in [0.29, 0.717) is 23.5 Å². The van der Waals surface area contributed by atoms with Crippen molar-refractivity contribution < 1.29 is 20.1 Å². The molecule has 0 bridgehead atoms. The molecular weight excluding hydrogens is 370 g/mol. The Hall–Kier alpha value is -2.61. The lowest BCUT2D eigenvalue weighted by molar-refractivity contribution is -0.117. The van der Waals surface area contributed by atoms with Crippen molar-refractivity contribution in [2.24, 2.45) is 0 Å². The van der Waals surface area contributed by atoms with Crippen LogP contribution in [0.5, 0.6) is 5.75 Å². The minimum absolute atomic E-state index is 0.0811. The molecule has 0 radical (unpaired) electrons. The third-order valence-corrected chi connectivity index (χ3v) is 5.26. The van der Waals surface area contributed by atoms with Gasteiger partial charge in [-0.05, 0) is 43.5 Å². The molecular formula is C22H29N3O4. The van der Waals surface area contributed by atoms with E-state index in [-0.39, 0.29) is 24.3 Å². The van der Waals surface area contributed by atoms with Crippen molar-refractivity contribution in [2.75, 3.05) is 30.3 Å². The molecule has 1 heterocycles. The first-order valence-electron chi connectivity index (χ1n) is 9.94. The van der Waals surface area contributed by atoms with Gasteiger partial charge in [-0.1, -0.05) is 24.3 Å². The maximum atomic E-state index is 12.4. The van der Waals surface area contributed by atoms with Crippen LogP contribution in [0.3, 0.4) is 0 Å². The first-order chi connectivity index (χ1) is 14.0. The molecule has 0 saturated carbocycles. The number of nitrogens with zero attached hydrogens (tertiary/aromatic N) is 1. The number of nitrogens with one attached hydrogen (secondary N) is 2. The maximum absolute atomic E-state index is 12.4. The highest BCUT2D eigenvalue weighted by atomic mass is 16.3. The predicted octanol–water partition coefficient (Wildman–Crippen LogP) is 2.45. The summed E-state index contributed by atoms with van der Waals surface area (Å²) in [6.45, 7) is 3.40. The lowest BCUT2D eigenvalue weighted by atomic mass is 10.0. The molecule has 1 aliphatic heterocycles. The van der Waals surface area contributed by atoms with Gasteiger partial charge in [-0.2, -0.15) is 0 Å². The summed E-state index contributed by atoms with van der Waals surface area (Å²) in [5, 5.41) is 35.4. The lowest BCUT2D eigenvalue weighted by Crippen LogP contribution is -2.42. The zero-order valence-corrected chi connectivity index (χ0v) is 16.6. The van der Waals surface area contributed by atoms with Crippen LogP contribution in [0.25, 0.3) is 0 Å². The largest absolute Gasteiger partial charge is 0.506 e. The minimum Gasteiger partial charge on any atom is -0.506 e. The summed E-state index contributed by atoms with van der Waals surface area (Å²) < 4.78 is 0. The smallest absolute Gasteiger partial charge is 0.238 e. The van der Waals surface area contributed by atoms with Crippen LogP contribution in [0.4, 0.5) is 11.4 Å². The second-order valence-corrected chi connectivity index (χ2v) is 7.51. The van der Waals surface area contributed by atoms with Gasteiger partial charge < -0.3 is 26.0 Å². The van der Waals surface area contributed by atoms with Crippen LogP contribution in [0.2, 0.25) is 0 Å². The summed E-state index contributed by atoms with van der Waals surface area (Å²) in [6.07, 6.45) is 1.10. The molecule has 1 amide bonds. The van der Waals surface area contributed by atoms with Crippen molar-refractivity contribution in [3.8, 4) is 5.75 Å². The van der Waals surface area contributed by atoms with Gasteiger partial charge in [-0.25, -0.2) is 0 Å². The molecule has 1 atom stereocenters. The second kappa shape index (κ2) is 9.73. The van der Waals surface area contributed by atoms with Gasteiger partial charge in [-0.3, -0.25) is 9.69 Å². The van der Waals surface area contributed by atoms with Crippen LogP contribution in [0.1, 0.15) is 37.0 Å². The Balaban J connectivity index is 1.49. The Morgan fingerprint density at radius 3 is 2.62 bits per heavy atom. The standard InChI is InChI=1S/C22H29N3O4/c1-15(27)16-4-2-6-19(12-16)23-21(29)13-25-10-8-18(9-11-25)24-22-17(14-26)5-3-7-20(22)28/h2-7,12,15,18,24,26-28H,8-11,13-14H2,1H3,(H,23,29). The van der Waals surface area contributed by atoms with E-state index in [9.17, 15) is 20.1 Å². The third kappa shape index (κ3) is 5.69. The van der Waals surface area contributed by atoms with Crippen molar-refractivity contribution in [3.05, 3.63) is 53.6 Å². The predicted molar refractivity (Wildman–Crippen MR) is 113 cm³/mol. The van der Waals surface area contributed by atoms with Gasteiger partial charge >= 0.3 is 0 Å². The summed E-state index contributed by atoms with van der Waals surface area (Å²) in [7, 11) is 0. The lowest BCUT2D eigenvalue weighted by Gasteiger charge is -2.33. The number of carbonyl (C=O) groups excluding carboxylic acids is 1. The van der Waals surface area contributed by atoms with Crippen molar-refractivity contribution in [2.45, 2.75) is 38.5 Å². The van der Waals surface area contributed by atoms with E-state index in [1.165, 1.54) is 0 Å². The van der Waals surface area contributed by atoms with E-state index in [2.05, 4.69) is 15.5 Å². The van der Waals surface area contributed by atoms with Crippen LogP contribution in [-0.2, 0) is 11.4 Å². The number of phenols is 1.